The van der Waals surface area contributed by atoms with Crippen LogP contribution >= 0.6 is 0 Å². The Hall–Kier alpha value is -0.680. The van der Waals surface area contributed by atoms with Crippen molar-refractivity contribution in [2.24, 2.45) is 5.73 Å². The Morgan fingerprint density at radius 1 is 1.78 bits per heavy atom. The fourth-order valence-electron chi connectivity index (χ4n) is 0.826. The smallest absolute Gasteiger partial charge is 0.253 e. The number of nitro groups is 1. The first-order valence-electron chi connectivity index (χ1n) is 2.72. The van der Waals surface area contributed by atoms with Gasteiger partial charge in [-0.2, -0.15) is 0 Å². The first kappa shape index (κ1) is 6.44. The zero-order valence-corrected chi connectivity index (χ0v) is 4.82. The van der Waals surface area contributed by atoms with E-state index < -0.39 is 17.2 Å². The molecule has 0 spiro atoms. The summed E-state index contributed by atoms with van der Waals surface area (Å²) in [5.74, 6) is 0. The fourth-order valence-corrected chi connectivity index (χ4v) is 0.826. The summed E-state index contributed by atoms with van der Waals surface area (Å²) in [5, 5.41) is 10.1. The molecule has 0 saturated carbocycles. The Balaban J connectivity index is 2.49. The molecule has 1 rings (SSSR count). The highest BCUT2D eigenvalue weighted by Crippen LogP contribution is 2.10. The first-order valence-corrected chi connectivity index (χ1v) is 2.72. The molecule has 0 aromatic carbocycles. The van der Waals surface area contributed by atoms with E-state index in [4.69, 9.17) is 10.5 Å². The third kappa shape index (κ3) is 1.17. The molecule has 0 aromatic heterocycles. The van der Waals surface area contributed by atoms with Crippen LogP contribution in [0.2, 0.25) is 0 Å². The molecule has 0 bridgehead atoms. The zero-order valence-electron chi connectivity index (χ0n) is 4.82. The number of nitrogens with two attached hydrogens (primary N) is 1. The monoisotopic (exact) mass is 132 g/mol. The van der Waals surface area contributed by atoms with Crippen molar-refractivity contribution >= 4 is 0 Å². The zero-order chi connectivity index (χ0) is 6.85. The van der Waals surface area contributed by atoms with Crippen LogP contribution in [-0.2, 0) is 4.74 Å². The second-order valence-electron chi connectivity index (χ2n) is 1.98. The van der Waals surface area contributed by atoms with Crippen LogP contribution in [0.25, 0.3) is 0 Å². The molecule has 1 fully saturated rings. The minimum atomic E-state index is -0.694. The molecule has 0 amide bonds. The first-order chi connectivity index (χ1) is 4.22. The second-order valence-corrected chi connectivity index (χ2v) is 1.98. The fraction of sp³-hybridized carbons (Fsp3) is 1.00. The van der Waals surface area contributed by atoms with Gasteiger partial charge in [-0.25, -0.2) is 0 Å². The molecule has 0 aromatic rings. The quantitative estimate of drug-likeness (QED) is 0.379. The minimum absolute atomic E-state index is 0.391. The van der Waals surface area contributed by atoms with E-state index in [0.29, 0.717) is 13.0 Å². The lowest BCUT2D eigenvalue weighted by Crippen LogP contribution is -2.36. The predicted octanol–water partition coefficient (Wildman–Crippen LogP) is -0.663. The lowest BCUT2D eigenvalue weighted by molar-refractivity contribution is -0.526. The van der Waals surface area contributed by atoms with Crippen molar-refractivity contribution in [1.29, 1.82) is 0 Å². The molecule has 2 atom stereocenters. The number of hydrogen-bond acceptors (Lipinski definition) is 4. The van der Waals surface area contributed by atoms with E-state index in [9.17, 15) is 10.1 Å². The lowest BCUT2D eigenvalue weighted by atomic mass is 10.2. The Morgan fingerprint density at radius 2 is 2.44 bits per heavy atom. The van der Waals surface area contributed by atoms with Crippen LogP contribution in [0.4, 0.5) is 0 Å². The molecule has 1 heterocycles. The summed E-state index contributed by atoms with van der Waals surface area (Å²) in [5.41, 5.74) is 5.22. The van der Waals surface area contributed by atoms with Crippen LogP contribution in [0, 0.1) is 10.1 Å². The topological polar surface area (TPSA) is 78.4 Å². The summed E-state index contributed by atoms with van der Waals surface area (Å²) in [6.45, 7) is 0.410. The van der Waals surface area contributed by atoms with E-state index in [1.807, 2.05) is 0 Å². The second kappa shape index (κ2) is 2.28. The average Bonchev–Trinajstić information content (AvgIpc) is 2.13. The van der Waals surface area contributed by atoms with Gasteiger partial charge in [0.25, 0.3) is 6.04 Å². The van der Waals surface area contributed by atoms with Crippen LogP contribution in [0.5, 0.6) is 0 Å². The van der Waals surface area contributed by atoms with Crippen molar-refractivity contribution in [3.63, 3.8) is 0 Å². The third-order valence-corrected chi connectivity index (χ3v) is 1.37. The Labute approximate surface area is 51.9 Å². The standard InChI is InChI=1S/C4H8N2O3/c5-4-3(6(7)8)1-2-9-4/h3-4H,1-2,5H2. The highest BCUT2D eigenvalue weighted by atomic mass is 16.6. The Kier molecular flexibility index (Phi) is 1.63. The lowest BCUT2D eigenvalue weighted by Gasteiger charge is -2.03. The highest BCUT2D eigenvalue weighted by Gasteiger charge is 2.34. The normalized spacial score (nSPS) is 34.8. The Bertz CT molecular complexity index is 127. The van der Waals surface area contributed by atoms with Gasteiger partial charge >= 0.3 is 0 Å². The van der Waals surface area contributed by atoms with E-state index in [1.165, 1.54) is 0 Å². The van der Waals surface area contributed by atoms with E-state index >= 15 is 0 Å². The molecule has 5 heteroatoms. The van der Waals surface area contributed by atoms with Crippen LogP contribution in [0.3, 0.4) is 0 Å². The summed E-state index contributed by atoms with van der Waals surface area (Å²) < 4.78 is 4.76. The third-order valence-electron chi connectivity index (χ3n) is 1.37. The van der Waals surface area contributed by atoms with Crippen molar-refractivity contribution in [3.05, 3.63) is 10.1 Å². The molecule has 2 unspecified atom stereocenters. The molecular formula is C4H8N2O3. The SMILES string of the molecule is NC1OCCC1[N+](=O)[O-]. The summed E-state index contributed by atoms with van der Waals surface area (Å²) >= 11 is 0. The number of ether oxygens (including phenoxy) is 1. The largest absolute Gasteiger partial charge is 0.356 e. The maximum absolute atomic E-state index is 10.1. The van der Waals surface area contributed by atoms with Gasteiger partial charge < -0.3 is 10.5 Å². The highest BCUT2D eigenvalue weighted by molar-refractivity contribution is 4.69. The number of rotatable bonds is 1. The van der Waals surface area contributed by atoms with Crippen LogP contribution in [0.15, 0.2) is 0 Å². The molecule has 2 N–H and O–H groups in total. The molecule has 0 aliphatic carbocycles. The van der Waals surface area contributed by atoms with Crippen LogP contribution < -0.4 is 5.73 Å². The van der Waals surface area contributed by atoms with E-state index in [0.717, 1.165) is 0 Å². The van der Waals surface area contributed by atoms with Gasteiger partial charge in [0.1, 0.15) is 0 Å². The molecule has 1 aliphatic rings. The predicted molar refractivity (Wildman–Crippen MR) is 29.3 cm³/mol. The van der Waals surface area contributed by atoms with Crippen molar-refractivity contribution in [3.8, 4) is 0 Å². The molecule has 9 heavy (non-hydrogen) atoms. The molecular weight excluding hydrogens is 124 g/mol. The van der Waals surface area contributed by atoms with Crippen molar-refractivity contribution in [2.45, 2.75) is 18.7 Å². The van der Waals surface area contributed by atoms with Gasteiger partial charge in [0.2, 0.25) is 0 Å². The van der Waals surface area contributed by atoms with E-state index in [1.54, 1.807) is 0 Å². The maximum atomic E-state index is 10.1. The van der Waals surface area contributed by atoms with Crippen molar-refractivity contribution in [1.82, 2.24) is 0 Å². The van der Waals surface area contributed by atoms with Gasteiger partial charge in [0.05, 0.1) is 6.61 Å². The summed E-state index contributed by atoms with van der Waals surface area (Å²) in [6, 6.07) is -0.690. The van der Waals surface area contributed by atoms with Crippen LogP contribution in [-0.4, -0.2) is 23.8 Å². The van der Waals surface area contributed by atoms with E-state index in [2.05, 4.69) is 0 Å². The average molecular weight is 132 g/mol. The van der Waals surface area contributed by atoms with E-state index in [-0.39, 0.29) is 0 Å². The van der Waals surface area contributed by atoms with Gasteiger partial charge in [-0.3, -0.25) is 10.1 Å². The van der Waals surface area contributed by atoms with Crippen molar-refractivity contribution < 1.29 is 9.66 Å². The Morgan fingerprint density at radius 3 is 2.67 bits per heavy atom. The molecule has 5 nitrogen and oxygen atoms in total. The van der Waals surface area contributed by atoms with Gasteiger partial charge in [-0.1, -0.05) is 0 Å². The van der Waals surface area contributed by atoms with Gasteiger partial charge in [-0.05, 0) is 0 Å². The molecule has 0 radical (unpaired) electrons. The molecule has 52 valence electrons. The summed E-state index contributed by atoms with van der Waals surface area (Å²) in [6.07, 6.45) is -0.256. The van der Waals surface area contributed by atoms with Gasteiger partial charge in [0.15, 0.2) is 6.23 Å². The van der Waals surface area contributed by atoms with Gasteiger partial charge in [-0.15, -0.1) is 0 Å². The molecule has 1 aliphatic heterocycles. The van der Waals surface area contributed by atoms with Crippen LogP contribution in [0.1, 0.15) is 6.42 Å². The summed E-state index contributed by atoms with van der Waals surface area (Å²) in [7, 11) is 0. The maximum Gasteiger partial charge on any atom is 0.253 e. The number of hydrogen-bond donors (Lipinski definition) is 1. The van der Waals surface area contributed by atoms with Gasteiger partial charge in [0, 0.05) is 11.3 Å². The molecule has 1 saturated heterocycles. The summed E-state index contributed by atoms with van der Waals surface area (Å²) in [4.78, 5) is 9.67. The minimum Gasteiger partial charge on any atom is -0.356 e. The number of nitrogens with zero attached hydrogens (tertiary/aromatic N) is 1. The van der Waals surface area contributed by atoms with Crippen molar-refractivity contribution in [2.75, 3.05) is 6.61 Å².